The molecule has 0 bridgehead atoms. The van der Waals surface area contributed by atoms with Crippen molar-refractivity contribution in [3.63, 3.8) is 0 Å². The van der Waals surface area contributed by atoms with Crippen molar-refractivity contribution in [3.05, 3.63) is 102 Å². The fourth-order valence-corrected chi connectivity index (χ4v) is 4.50. The third kappa shape index (κ3) is 3.47. The molecule has 0 saturated heterocycles. The van der Waals surface area contributed by atoms with Gasteiger partial charge in [0.1, 0.15) is 0 Å². The average Bonchev–Trinajstić information content (AvgIpc) is 3.03. The number of methoxy groups -OCH3 is 1. The number of aromatic nitrogens is 1. The van der Waals surface area contributed by atoms with E-state index in [9.17, 15) is 9.59 Å². The molecule has 0 unspecified atom stereocenters. The third-order valence-electron chi connectivity index (χ3n) is 4.92. The summed E-state index contributed by atoms with van der Waals surface area (Å²) in [5.74, 6) is -0.479. The number of hydrogen-bond donors (Lipinski definition) is 0. The first-order valence-electron chi connectivity index (χ1n) is 9.22. The maximum absolute atomic E-state index is 13.3. The minimum atomic E-state index is -0.569. The predicted molar refractivity (Wildman–Crippen MR) is 113 cm³/mol. The molecule has 0 N–H and O–H groups in total. The SMILES string of the molecule is COC(=O)C1=C(C)N=c2s/c(=C\c3ccc(C)cc3)c(=O)n2[C@@H]1c1ccccc1. The predicted octanol–water partition coefficient (Wildman–Crippen LogP) is 2.72. The highest BCUT2D eigenvalue weighted by atomic mass is 32.1. The summed E-state index contributed by atoms with van der Waals surface area (Å²) >= 11 is 1.33. The highest BCUT2D eigenvalue weighted by Gasteiger charge is 2.32. The summed E-state index contributed by atoms with van der Waals surface area (Å²) in [6, 6.07) is 16.9. The number of thiazole rings is 1. The van der Waals surface area contributed by atoms with E-state index in [1.807, 2.05) is 67.6 Å². The molecule has 1 aliphatic rings. The average molecular weight is 404 g/mol. The van der Waals surface area contributed by atoms with E-state index in [2.05, 4.69) is 4.99 Å². The molecule has 2 heterocycles. The quantitative estimate of drug-likeness (QED) is 0.631. The van der Waals surface area contributed by atoms with Crippen LogP contribution in [0.4, 0.5) is 0 Å². The fraction of sp³-hybridized carbons (Fsp3) is 0.174. The zero-order valence-electron chi connectivity index (χ0n) is 16.4. The first-order chi connectivity index (χ1) is 14.0. The molecule has 6 heteroatoms. The number of esters is 1. The van der Waals surface area contributed by atoms with Crippen LogP contribution in [-0.4, -0.2) is 17.6 Å². The Hall–Kier alpha value is -3.25. The van der Waals surface area contributed by atoms with Crippen LogP contribution in [0.3, 0.4) is 0 Å². The van der Waals surface area contributed by atoms with Crippen LogP contribution in [0.5, 0.6) is 0 Å². The minimum Gasteiger partial charge on any atom is -0.466 e. The molecule has 1 atom stereocenters. The fourth-order valence-electron chi connectivity index (χ4n) is 3.46. The van der Waals surface area contributed by atoms with E-state index in [1.165, 1.54) is 18.4 Å². The van der Waals surface area contributed by atoms with Crippen LogP contribution >= 0.6 is 11.3 Å². The lowest BCUT2D eigenvalue weighted by Crippen LogP contribution is -2.39. The van der Waals surface area contributed by atoms with Gasteiger partial charge in [-0.25, -0.2) is 9.79 Å². The Morgan fingerprint density at radius 2 is 1.79 bits per heavy atom. The van der Waals surface area contributed by atoms with E-state index in [4.69, 9.17) is 4.74 Å². The van der Waals surface area contributed by atoms with Gasteiger partial charge in [0, 0.05) is 0 Å². The number of ether oxygens (including phenoxy) is 1. The normalized spacial score (nSPS) is 16.4. The molecule has 1 aromatic heterocycles. The van der Waals surface area contributed by atoms with Gasteiger partial charge >= 0.3 is 5.97 Å². The van der Waals surface area contributed by atoms with E-state index < -0.39 is 12.0 Å². The zero-order chi connectivity index (χ0) is 20.5. The first-order valence-corrected chi connectivity index (χ1v) is 10.0. The number of carbonyl (C=O) groups excluding carboxylic acids is 1. The Morgan fingerprint density at radius 1 is 1.10 bits per heavy atom. The van der Waals surface area contributed by atoms with Crippen molar-refractivity contribution in [3.8, 4) is 0 Å². The monoisotopic (exact) mass is 404 g/mol. The summed E-state index contributed by atoms with van der Waals surface area (Å²) in [7, 11) is 1.34. The molecule has 0 fully saturated rings. The van der Waals surface area contributed by atoms with Crippen molar-refractivity contribution < 1.29 is 9.53 Å². The summed E-state index contributed by atoms with van der Waals surface area (Å²) < 4.78 is 7.18. The van der Waals surface area contributed by atoms with Gasteiger partial charge in [0.15, 0.2) is 4.80 Å². The third-order valence-corrected chi connectivity index (χ3v) is 5.90. The summed E-state index contributed by atoms with van der Waals surface area (Å²) in [5.41, 5.74) is 3.72. The van der Waals surface area contributed by atoms with Crippen molar-refractivity contribution in [2.45, 2.75) is 19.9 Å². The molecule has 0 aliphatic carbocycles. The second kappa shape index (κ2) is 7.64. The van der Waals surface area contributed by atoms with Crippen molar-refractivity contribution in [2.75, 3.05) is 7.11 Å². The first kappa shape index (κ1) is 19.1. The number of carbonyl (C=O) groups is 1. The van der Waals surface area contributed by atoms with Gasteiger partial charge < -0.3 is 4.74 Å². The molecular weight excluding hydrogens is 384 g/mol. The summed E-state index contributed by atoms with van der Waals surface area (Å²) in [4.78, 5) is 31.0. The molecule has 4 rings (SSSR count). The lowest BCUT2D eigenvalue weighted by molar-refractivity contribution is -0.136. The van der Waals surface area contributed by atoms with Gasteiger partial charge in [-0.15, -0.1) is 0 Å². The smallest absolute Gasteiger partial charge is 0.338 e. The Labute approximate surface area is 171 Å². The van der Waals surface area contributed by atoms with Gasteiger partial charge in [0.25, 0.3) is 5.56 Å². The largest absolute Gasteiger partial charge is 0.466 e. The molecule has 3 aromatic rings. The molecule has 0 radical (unpaired) electrons. The van der Waals surface area contributed by atoms with Crippen LogP contribution in [0.25, 0.3) is 6.08 Å². The summed E-state index contributed by atoms with van der Waals surface area (Å²) in [5, 5.41) is 0. The Kier molecular flexibility index (Phi) is 5.03. The van der Waals surface area contributed by atoms with Crippen LogP contribution in [0.15, 0.2) is 75.7 Å². The molecule has 1 aliphatic heterocycles. The zero-order valence-corrected chi connectivity index (χ0v) is 17.2. The van der Waals surface area contributed by atoms with Gasteiger partial charge in [-0.3, -0.25) is 9.36 Å². The van der Waals surface area contributed by atoms with E-state index in [1.54, 1.807) is 11.5 Å². The molecule has 0 amide bonds. The minimum absolute atomic E-state index is 0.169. The van der Waals surface area contributed by atoms with Gasteiger partial charge in [0.2, 0.25) is 0 Å². The van der Waals surface area contributed by atoms with Gasteiger partial charge in [-0.2, -0.15) is 0 Å². The van der Waals surface area contributed by atoms with Crippen LogP contribution in [0.1, 0.15) is 29.7 Å². The van der Waals surface area contributed by atoms with Crippen molar-refractivity contribution in [2.24, 2.45) is 4.99 Å². The summed E-state index contributed by atoms with van der Waals surface area (Å²) in [6.07, 6.45) is 1.86. The maximum atomic E-state index is 13.3. The van der Waals surface area contributed by atoms with Gasteiger partial charge in [-0.1, -0.05) is 71.5 Å². The number of nitrogens with zero attached hydrogens (tertiary/aromatic N) is 2. The van der Waals surface area contributed by atoms with Crippen LogP contribution in [0, 0.1) is 6.92 Å². The molecule has 0 spiro atoms. The molecule has 0 saturated carbocycles. The van der Waals surface area contributed by atoms with Crippen LogP contribution < -0.4 is 14.9 Å². The number of aryl methyl sites for hydroxylation is 1. The standard InChI is InChI=1S/C23H20N2O3S/c1-14-9-11-16(12-10-14)13-18-21(26)25-20(17-7-5-4-6-8-17)19(22(27)28-3)15(2)24-23(25)29-18/h4-13,20H,1-3H3/b18-13-/t20-/m1/s1. The Balaban J connectivity index is 1.97. The molecule has 5 nitrogen and oxygen atoms in total. The highest BCUT2D eigenvalue weighted by Crippen LogP contribution is 2.30. The van der Waals surface area contributed by atoms with Crippen molar-refractivity contribution in [1.82, 2.24) is 4.57 Å². The molecular formula is C23H20N2O3S. The number of allylic oxidation sites excluding steroid dienone is 1. The second-order valence-electron chi connectivity index (χ2n) is 6.89. The maximum Gasteiger partial charge on any atom is 0.338 e. The molecule has 146 valence electrons. The lowest BCUT2D eigenvalue weighted by Gasteiger charge is -2.24. The number of fused-ring (bicyclic) bond motifs is 1. The number of benzene rings is 2. The van der Waals surface area contributed by atoms with Crippen LogP contribution in [0.2, 0.25) is 0 Å². The Morgan fingerprint density at radius 3 is 2.45 bits per heavy atom. The van der Waals surface area contributed by atoms with Crippen molar-refractivity contribution >= 4 is 23.4 Å². The molecule has 29 heavy (non-hydrogen) atoms. The number of rotatable bonds is 3. The van der Waals surface area contributed by atoms with E-state index >= 15 is 0 Å². The number of hydrogen-bond acceptors (Lipinski definition) is 5. The van der Waals surface area contributed by atoms with Gasteiger partial charge in [-0.05, 0) is 31.1 Å². The van der Waals surface area contributed by atoms with Gasteiger partial charge in [0.05, 0.1) is 29.0 Å². The Bertz CT molecular complexity index is 1280. The summed E-state index contributed by atoms with van der Waals surface area (Å²) in [6.45, 7) is 3.80. The van der Waals surface area contributed by atoms with Crippen LogP contribution in [-0.2, 0) is 9.53 Å². The van der Waals surface area contributed by atoms with Crippen molar-refractivity contribution in [1.29, 1.82) is 0 Å². The van der Waals surface area contributed by atoms with E-state index in [0.29, 0.717) is 20.6 Å². The van der Waals surface area contributed by atoms with E-state index in [0.717, 1.165) is 16.7 Å². The molecule has 2 aromatic carbocycles. The lowest BCUT2D eigenvalue weighted by atomic mass is 9.96. The second-order valence-corrected chi connectivity index (χ2v) is 7.90. The topological polar surface area (TPSA) is 60.7 Å². The van der Waals surface area contributed by atoms with E-state index in [-0.39, 0.29) is 5.56 Å². The highest BCUT2D eigenvalue weighted by molar-refractivity contribution is 7.07.